The Morgan fingerprint density at radius 1 is 1.04 bits per heavy atom. The van der Waals surface area contributed by atoms with E-state index in [0.717, 1.165) is 0 Å². The monoisotopic (exact) mass is 421 g/mol. The number of carbonyl (C=O) groups is 1. The third-order valence-corrected chi connectivity index (χ3v) is 5.47. The van der Waals surface area contributed by atoms with Crippen molar-refractivity contribution in [1.29, 1.82) is 0 Å². The molecule has 0 saturated carbocycles. The fourth-order valence-corrected chi connectivity index (χ4v) is 3.98. The summed E-state index contributed by atoms with van der Waals surface area (Å²) in [7, 11) is -3.82. The number of rotatable bonds is 6. The maximum Gasteiger partial charge on any atom is 0.256 e. The second-order valence-corrected chi connectivity index (χ2v) is 7.98. The highest BCUT2D eigenvalue weighted by molar-refractivity contribution is 7.89. The highest BCUT2D eigenvalue weighted by Crippen LogP contribution is 2.33. The standard InChI is InChI=1S/C15H14Cl3N3O3S/c1-9(21-25(23,24)11-5-3-2-4-6-11)15(22)20-19-14-12(17)7-10(16)8-13(14)18/h2-9,19,21H,1H3,(H,20,22). The predicted molar refractivity (Wildman–Crippen MR) is 99.5 cm³/mol. The Bertz CT molecular complexity index is 853. The molecule has 6 nitrogen and oxygen atoms in total. The minimum Gasteiger partial charge on any atom is -0.296 e. The number of anilines is 1. The molecule has 2 aromatic carbocycles. The molecule has 2 aromatic rings. The van der Waals surface area contributed by atoms with E-state index in [4.69, 9.17) is 34.8 Å². The average Bonchev–Trinajstić information content (AvgIpc) is 2.54. The molecule has 0 aliphatic rings. The van der Waals surface area contributed by atoms with E-state index < -0.39 is 22.0 Å². The number of nitrogens with one attached hydrogen (secondary N) is 3. The number of benzene rings is 2. The largest absolute Gasteiger partial charge is 0.296 e. The number of hydrogen-bond acceptors (Lipinski definition) is 4. The number of halogens is 3. The summed E-state index contributed by atoms with van der Waals surface area (Å²) in [5.41, 5.74) is 5.15. The summed E-state index contributed by atoms with van der Waals surface area (Å²) < 4.78 is 26.7. The van der Waals surface area contributed by atoms with E-state index in [-0.39, 0.29) is 20.6 Å². The molecule has 1 unspecified atom stereocenters. The van der Waals surface area contributed by atoms with Crippen LogP contribution < -0.4 is 15.6 Å². The average molecular weight is 423 g/mol. The fraction of sp³-hybridized carbons (Fsp3) is 0.133. The first-order valence-corrected chi connectivity index (χ1v) is 9.60. The fourth-order valence-electron chi connectivity index (χ4n) is 1.85. The second-order valence-electron chi connectivity index (χ2n) is 5.01. The van der Waals surface area contributed by atoms with E-state index in [1.165, 1.54) is 31.2 Å². The van der Waals surface area contributed by atoms with Gasteiger partial charge >= 0.3 is 0 Å². The van der Waals surface area contributed by atoms with E-state index >= 15 is 0 Å². The second kappa shape index (κ2) is 8.25. The third-order valence-electron chi connectivity index (χ3n) is 3.10. The number of hydrazine groups is 1. The van der Waals surface area contributed by atoms with Crippen LogP contribution in [0.2, 0.25) is 15.1 Å². The van der Waals surface area contributed by atoms with Crippen LogP contribution in [0, 0.1) is 0 Å². The molecule has 1 amide bonds. The van der Waals surface area contributed by atoms with Gasteiger partial charge in [0.15, 0.2) is 0 Å². The zero-order valence-corrected chi connectivity index (χ0v) is 16.0. The Hall–Kier alpha value is -1.51. The van der Waals surface area contributed by atoms with E-state index in [1.54, 1.807) is 18.2 Å². The number of hydrogen-bond donors (Lipinski definition) is 3. The van der Waals surface area contributed by atoms with Crippen molar-refractivity contribution in [3.63, 3.8) is 0 Å². The summed E-state index contributed by atoms with van der Waals surface area (Å²) in [6, 6.07) is 9.59. The molecule has 0 heterocycles. The van der Waals surface area contributed by atoms with Crippen molar-refractivity contribution in [1.82, 2.24) is 10.1 Å². The molecule has 0 radical (unpaired) electrons. The topological polar surface area (TPSA) is 87.3 Å². The lowest BCUT2D eigenvalue weighted by Crippen LogP contribution is -2.46. The van der Waals surface area contributed by atoms with E-state index in [2.05, 4.69) is 15.6 Å². The number of amides is 1. The van der Waals surface area contributed by atoms with Crippen molar-refractivity contribution in [2.24, 2.45) is 0 Å². The van der Waals surface area contributed by atoms with Crippen molar-refractivity contribution >= 4 is 56.4 Å². The van der Waals surface area contributed by atoms with Crippen LogP contribution >= 0.6 is 34.8 Å². The van der Waals surface area contributed by atoms with Gasteiger partial charge in [-0.25, -0.2) is 8.42 Å². The zero-order valence-electron chi connectivity index (χ0n) is 12.9. The Labute approximate surface area is 160 Å². The molecular weight excluding hydrogens is 409 g/mol. The SMILES string of the molecule is CC(NS(=O)(=O)c1ccccc1)C(=O)NNc1c(Cl)cc(Cl)cc1Cl. The van der Waals surface area contributed by atoms with Crippen molar-refractivity contribution in [3.05, 3.63) is 57.5 Å². The Kier molecular flexibility index (Phi) is 6.53. The summed E-state index contributed by atoms with van der Waals surface area (Å²) in [5.74, 6) is -0.624. The smallest absolute Gasteiger partial charge is 0.256 e. The van der Waals surface area contributed by atoms with Crippen LogP contribution in [0.1, 0.15) is 6.92 Å². The first kappa shape index (κ1) is 19.8. The minimum atomic E-state index is -3.82. The van der Waals surface area contributed by atoms with Gasteiger partial charge in [-0.05, 0) is 31.2 Å². The molecule has 134 valence electrons. The van der Waals surface area contributed by atoms with Crippen LogP contribution in [0.5, 0.6) is 0 Å². The Morgan fingerprint density at radius 2 is 1.60 bits per heavy atom. The first-order chi connectivity index (χ1) is 11.7. The van der Waals surface area contributed by atoms with Crippen LogP contribution in [-0.2, 0) is 14.8 Å². The van der Waals surface area contributed by atoms with Gasteiger partial charge in [0.05, 0.1) is 26.7 Å². The maximum atomic E-state index is 12.2. The first-order valence-electron chi connectivity index (χ1n) is 6.98. The van der Waals surface area contributed by atoms with Crippen molar-refractivity contribution in [2.45, 2.75) is 17.9 Å². The molecule has 10 heteroatoms. The zero-order chi connectivity index (χ0) is 18.6. The molecule has 2 rings (SSSR count). The molecule has 0 aromatic heterocycles. The van der Waals surface area contributed by atoms with E-state index in [9.17, 15) is 13.2 Å². The van der Waals surface area contributed by atoms with Crippen LogP contribution in [0.4, 0.5) is 5.69 Å². The lowest BCUT2D eigenvalue weighted by molar-refractivity contribution is -0.121. The number of sulfonamides is 1. The van der Waals surface area contributed by atoms with Crippen LogP contribution in [-0.4, -0.2) is 20.4 Å². The molecular formula is C15H14Cl3N3O3S. The molecule has 3 N–H and O–H groups in total. The molecule has 25 heavy (non-hydrogen) atoms. The summed E-state index contributed by atoms with van der Waals surface area (Å²) in [4.78, 5) is 12.2. The Morgan fingerprint density at radius 3 is 2.16 bits per heavy atom. The normalized spacial score (nSPS) is 12.5. The van der Waals surface area contributed by atoms with Gasteiger partial charge in [0.2, 0.25) is 10.0 Å². The molecule has 0 bridgehead atoms. The van der Waals surface area contributed by atoms with Gasteiger partial charge in [0.1, 0.15) is 0 Å². The Balaban J connectivity index is 2.02. The minimum absolute atomic E-state index is 0.0615. The number of carbonyl (C=O) groups excluding carboxylic acids is 1. The summed E-state index contributed by atoms with van der Waals surface area (Å²) in [6.45, 7) is 1.41. The quantitative estimate of drug-likeness (QED) is 0.622. The van der Waals surface area contributed by atoms with Crippen LogP contribution in [0.15, 0.2) is 47.4 Å². The molecule has 0 spiro atoms. The predicted octanol–water partition coefficient (Wildman–Crippen LogP) is 3.46. The lowest BCUT2D eigenvalue weighted by Gasteiger charge is -2.16. The summed E-state index contributed by atoms with van der Waals surface area (Å²) in [6.07, 6.45) is 0. The van der Waals surface area contributed by atoms with E-state index in [1.807, 2.05) is 0 Å². The lowest BCUT2D eigenvalue weighted by atomic mass is 10.3. The molecule has 0 saturated heterocycles. The molecule has 0 aliphatic carbocycles. The van der Waals surface area contributed by atoms with Crippen molar-refractivity contribution in [3.8, 4) is 0 Å². The maximum absolute atomic E-state index is 12.2. The molecule has 1 atom stereocenters. The van der Waals surface area contributed by atoms with Gasteiger partial charge in [-0.2, -0.15) is 4.72 Å². The van der Waals surface area contributed by atoms with Crippen LogP contribution in [0.25, 0.3) is 0 Å². The van der Waals surface area contributed by atoms with Crippen molar-refractivity contribution < 1.29 is 13.2 Å². The molecule has 0 aliphatic heterocycles. The van der Waals surface area contributed by atoms with Gasteiger partial charge in [-0.3, -0.25) is 15.6 Å². The van der Waals surface area contributed by atoms with E-state index in [0.29, 0.717) is 5.02 Å². The van der Waals surface area contributed by atoms with Crippen molar-refractivity contribution in [2.75, 3.05) is 5.43 Å². The van der Waals surface area contributed by atoms with Gasteiger partial charge in [0.25, 0.3) is 5.91 Å². The highest BCUT2D eigenvalue weighted by Gasteiger charge is 2.22. The molecule has 0 fully saturated rings. The van der Waals surface area contributed by atoms with Crippen LogP contribution in [0.3, 0.4) is 0 Å². The summed E-state index contributed by atoms with van der Waals surface area (Å²) >= 11 is 17.8. The summed E-state index contributed by atoms with van der Waals surface area (Å²) in [5, 5.41) is 0.751. The van der Waals surface area contributed by atoms with Gasteiger partial charge in [0, 0.05) is 5.02 Å². The van der Waals surface area contributed by atoms with Gasteiger partial charge < -0.3 is 0 Å². The third kappa shape index (κ3) is 5.23. The highest BCUT2D eigenvalue weighted by atomic mass is 35.5. The van der Waals surface area contributed by atoms with Gasteiger partial charge in [-0.1, -0.05) is 53.0 Å². The van der Waals surface area contributed by atoms with Gasteiger partial charge in [-0.15, -0.1) is 0 Å².